The third-order valence-electron chi connectivity index (χ3n) is 2.06. The van der Waals surface area contributed by atoms with Crippen LogP contribution >= 0.6 is 0 Å². The molecule has 0 N–H and O–H groups in total. The molecule has 0 bridgehead atoms. The summed E-state index contributed by atoms with van der Waals surface area (Å²) in [5.41, 5.74) is -1.51. The second-order valence-electron chi connectivity index (χ2n) is 10.1. The number of hydrogen-bond donors (Lipinski definition) is 0. The Morgan fingerprint density at radius 2 is 0.459 bits per heavy atom. The molecule has 0 aliphatic heterocycles. The van der Waals surface area contributed by atoms with Gasteiger partial charge in [-0.1, -0.05) is 0 Å². The first-order chi connectivity index (χ1) is 12.8. The Bertz CT molecular complexity index is 397. The van der Waals surface area contributed by atoms with Crippen LogP contribution in [0.4, 0.5) is 0 Å². The van der Waals surface area contributed by atoms with E-state index in [-0.39, 0.29) is 528 Å². The minimum Gasteiger partial charge on any atom is -0.584 e. The molecule has 172 valence electrons. The van der Waals surface area contributed by atoms with E-state index >= 15 is 0 Å². The van der Waals surface area contributed by atoms with Gasteiger partial charge >= 0.3 is 475 Å². The average Bonchev–Trinajstić information content (AvgIpc) is 2.41. The normalized spacial score (nSPS) is 11.4. The van der Waals surface area contributed by atoms with Crippen molar-refractivity contribution < 1.29 is 500 Å². The molecule has 0 amide bonds. The summed E-state index contributed by atoms with van der Waals surface area (Å²) in [4.78, 5) is 0. The Morgan fingerprint density at radius 3 is 0.568 bits per heavy atom. The summed E-state index contributed by atoms with van der Waals surface area (Å²) in [5, 5.41) is 0. The summed E-state index contributed by atoms with van der Waals surface area (Å²) in [6.07, 6.45) is 0. The van der Waals surface area contributed by atoms with Crippen LogP contribution < -0.4 is 465 Å². The second-order valence-corrected chi connectivity index (χ2v) is 15.8. The van der Waals surface area contributed by atoms with Gasteiger partial charge in [-0.15, -0.1) is 40.0 Å². The topological polar surface area (TPSA) is 73.8 Å². The summed E-state index contributed by atoms with van der Waals surface area (Å²) in [5.74, 6) is 0. The zero-order chi connectivity index (χ0) is 23.0. The Labute approximate surface area is 631 Å². The molecule has 0 aromatic carbocycles. The van der Waals surface area contributed by atoms with Gasteiger partial charge in [0.05, 0.1) is 0 Å². The number of rotatable bonds is 12. The molecule has 0 saturated heterocycles. The molecule has 8 nitrogen and oxygen atoms in total. The summed E-state index contributed by atoms with van der Waals surface area (Å²) < 4.78 is 46.5. The van der Waals surface area contributed by atoms with Crippen LogP contribution in [0, 0.1) is 0 Å². The predicted molar refractivity (Wildman–Crippen MR) is 116 cm³/mol. The van der Waals surface area contributed by atoms with E-state index in [1.807, 2.05) is 83.1 Å². The molecular weight excluding hydrogens is 1140 g/mol. The fourth-order valence-corrected chi connectivity index (χ4v) is 7.46. The molecular formula is C16H36O8Rb8Si5+4. The summed E-state index contributed by atoms with van der Waals surface area (Å²) in [6.45, 7) is 23.3. The van der Waals surface area contributed by atoms with Crippen molar-refractivity contribution in [1.82, 2.24) is 0 Å². The molecule has 0 saturated carbocycles. The van der Waals surface area contributed by atoms with E-state index in [0.29, 0.717) is 0 Å². The van der Waals surface area contributed by atoms with Gasteiger partial charge in [0.2, 0.25) is 0 Å². The maximum Gasteiger partial charge on any atom is 1.00 e. The molecule has 37 heavy (non-hydrogen) atoms. The Balaban J connectivity index is -0.000000140. The molecule has 0 heterocycles. The van der Waals surface area contributed by atoms with Crippen molar-refractivity contribution in [1.29, 1.82) is 0 Å². The smallest absolute Gasteiger partial charge is 0.584 e. The van der Waals surface area contributed by atoms with Crippen molar-refractivity contribution in [3.63, 3.8) is 0 Å². The van der Waals surface area contributed by atoms with E-state index in [9.17, 15) is 0 Å². The molecule has 21 heteroatoms. The Kier molecular flexibility index (Phi) is 78.2. The quantitative estimate of drug-likeness (QED) is 0.179. The van der Waals surface area contributed by atoms with Gasteiger partial charge < -0.3 is 34.2 Å². The van der Waals surface area contributed by atoms with Crippen LogP contribution in [0.3, 0.4) is 0 Å². The second kappa shape index (κ2) is 39.4. The summed E-state index contributed by atoms with van der Waals surface area (Å²) in [6, 6.07) is 0. The standard InChI is InChI=1S/C16H36O8Si5.8Rb/c1-13(2,3)17-25-21-29(22-26-18-14(4,5)6,23-27-19-15(7,8)9)24-28-20-16(10,11)12;;;;;;;;/h1-12H3;;;;;;;;/q-4;8*+1. The van der Waals surface area contributed by atoms with Crippen LogP contribution in [-0.4, -0.2) is 71.5 Å². The largest absolute Gasteiger partial charge is 1.00 e. The molecule has 0 aliphatic carbocycles. The van der Waals surface area contributed by atoms with Crippen LogP contribution in [0.2, 0.25) is 0 Å². The van der Waals surface area contributed by atoms with Crippen LogP contribution in [0.25, 0.3) is 0 Å². The maximum absolute atomic E-state index is 5.91. The van der Waals surface area contributed by atoms with E-state index in [0.717, 1.165) is 0 Å². The molecule has 0 aromatic heterocycles. The van der Waals surface area contributed by atoms with Gasteiger partial charge in [0.1, 0.15) is 0 Å². The van der Waals surface area contributed by atoms with Crippen LogP contribution in [0.1, 0.15) is 83.1 Å². The maximum atomic E-state index is 5.91. The van der Waals surface area contributed by atoms with E-state index in [1.54, 1.807) is 0 Å². The minimum atomic E-state index is -3.65. The van der Waals surface area contributed by atoms with Gasteiger partial charge in [0, 0.05) is 22.4 Å². The van der Waals surface area contributed by atoms with Gasteiger partial charge in [0.15, 0.2) is 0 Å². The molecule has 0 rings (SSSR count). The fourth-order valence-electron chi connectivity index (χ4n) is 0.912. The van der Waals surface area contributed by atoms with E-state index in [4.69, 9.17) is 34.2 Å². The van der Waals surface area contributed by atoms with Crippen molar-refractivity contribution in [3.05, 3.63) is 0 Å². The molecule has 4 radical (unpaired) electrons. The van der Waals surface area contributed by atoms with Crippen molar-refractivity contribution in [2.24, 2.45) is 0 Å². The molecule has 0 fully saturated rings. The summed E-state index contributed by atoms with van der Waals surface area (Å²) in [7, 11) is -5.00. The first-order valence-electron chi connectivity index (χ1n) is 9.27. The monoisotopic (exact) mass is 1180 g/mol. The van der Waals surface area contributed by atoms with Gasteiger partial charge in [-0.3, -0.25) is 0 Å². The SMILES string of the molecule is CC(C)(C)O[Si-]O[Si](O[Si-]OC(C)(C)C)(O[Si-]OC(C)(C)C)O[Si-]OC(C)(C)C.[Rb+].[Rb+].[Rb+].[Rb+].[Rb+].[Rb+].[Rb+].[Rb+]. The van der Waals surface area contributed by atoms with E-state index in [1.165, 1.54) is 0 Å². The summed E-state index contributed by atoms with van der Waals surface area (Å²) >= 11 is 0. The molecule has 0 aromatic rings. The van der Waals surface area contributed by atoms with Gasteiger partial charge in [0.25, 0.3) is 0 Å². The number of hydrogen-bond acceptors (Lipinski definition) is 8. The molecule has 0 spiro atoms. The van der Waals surface area contributed by atoms with Crippen molar-refractivity contribution in [2.45, 2.75) is 105 Å². The van der Waals surface area contributed by atoms with E-state index < -0.39 is 9.05 Å². The van der Waals surface area contributed by atoms with Crippen molar-refractivity contribution >= 4 is 49.1 Å². The third kappa shape index (κ3) is 55.6. The van der Waals surface area contributed by atoms with Crippen molar-refractivity contribution in [2.75, 3.05) is 0 Å². The van der Waals surface area contributed by atoms with Gasteiger partial charge in [-0.25, -0.2) is 0 Å². The van der Waals surface area contributed by atoms with Crippen molar-refractivity contribution in [3.8, 4) is 0 Å². The third-order valence-corrected chi connectivity index (χ3v) is 10.2. The first kappa shape index (κ1) is 73.3. The fraction of sp³-hybridized carbons (Fsp3) is 1.00. The van der Waals surface area contributed by atoms with Gasteiger partial charge in [-0.05, 0) is 83.1 Å². The zero-order valence-corrected chi connectivity index (χ0v) is 72.1. The zero-order valence-electron chi connectivity index (χ0n) is 27.8. The minimum absolute atomic E-state index is 0. The van der Waals surface area contributed by atoms with Crippen LogP contribution in [-0.2, 0) is 34.2 Å². The predicted octanol–water partition coefficient (Wildman–Crippen LogP) is -21.1. The average molecular weight is 1180 g/mol. The molecule has 0 unspecified atom stereocenters. The Hall–Kier alpha value is 15.2. The van der Waals surface area contributed by atoms with Gasteiger partial charge in [-0.2, -0.15) is 0 Å². The van der Waals surface area contributed by atoms with Crippen LogP contribution in [0.5, 0.6) is 0 Å². The Morgan fingerprint density at radius 1 is 0.324 bits per heavy atom. The molecule has 0 atom stereocenters. The van der Waals surface area contributed by atoms with E-state index in [2.05, 4.69) is 0 Å². The van der Waals surface area contributed by atoms with Crippen LogP contribution in [0.15, 0.2) is 0 Å². The first-order valence-corrected chi connectivity index (χ1v) is 14.2. The molecule has 0 aliphatic rings.